The average molecular weight is 349 g/mol. The van der Waals surface area contributed by atoms with E-state index in [2.05, 4.69) is 0 Å². The molecule has 2 aromatic rings. The number of benzene rings is 2. The minimum atomic E-state index is 0.239. The molecule has 84 valence electrons. The maximum Gasteiger partial charge on any atom is 0.130 e. The van der Waals surface area contributed by atoms with Crippen molar-refractivity contribution in [2.75, 3.05) is 0 Å². The van der Waals surface area contributed by atoms with Crippen molar-refractivity contribution in [3.05, 3.63) is 57.1 Å². The second-order valence-electron chi connectivity index (χ2n) is 2.93. The summed E-state index contributed by atoms with van der Waals surface area (Å²) < 4.78 is 0.817. The smallest absolute Gasteiger partial charge is 0.130 e. The Bertz CT molecular complexity index is 446. The third kappa shape index (κ3) is 4.72. The second kappa shape index (κ2) is 6.60. The van der Waals surface area contributed by atoms with Gasteiger partial charge in [-0.05, 0) is 52.9 Å². The molecular formula is C12H10ClIO2. The predicted octanol–water partition coefficient (Wildman–Crippen LogP) is 4.04. The fourth-order valence-corrected chi connectivity index (χ4v) is 1.42. The minimum Gasteiger partial charge on any atom is -0.508 e. The van der Waals surface area contributed by atoms with Gasteiger partial charge in [0.25, 0.3) is 0 Å². The molecule has 2 rings (SSSR count). The lowest BCUT2D eigenvalue weighted by Gasteiger charge is -1.94. The SMILES string of the molecule is Oc1cc(Cl)ccc1I.Oc1ccccc1. The van der Waals surface area contributed by atoms with Gasteiger partial charge in [-0.3, -0.25) is 0 Å². The van der Waals surface area contributed by atoms with Crippen LogP contribution in [-0.4, -0.2) is 10.2 Å². The molecule has 4 heteroatoms. The molecule has 2 N–H and O–H groups in total. The molecule has 2 nitrogen and oxygen atoms in total. The maximum absolute atomic E-state index is 9.01. The van der Waals surface area contributed by atoms with Crippen LogP contribution in [-0.2, 0) is 0 Å². The van der Waals surface area contributed by atoms with E-state index in [0.717, 1.165) is 3.57 Å². The summed E-state index contributed by atoms with van der Waals surface area (Å²) in [6.07, 6.45) is 0. The van der Waals surface area contributed by atoms with Crippen molar-refractivity contribution in [2.45, 2.75) is 0 Å². The molecule has 0 aromatic heterocycles. The van der Waals surface area contributed by atoms with Crippen LogP contribution < -0.4 is 0 Å². The highest BCUT2D eigenvalue weighted by Crippen LogP contribution is 2.22. The molecule has 16 heavy (non-hydrogen) atoms. The molecule has 0 spiro atoms. The van der Waals surface area contributed by atoms with E-state index < -0.39 is 0 Å². The topological polar surface area (TPSA) is 40.5 Å². The molecule has 0 bridgehead atoms. The van der Waals surface area contributed by atoms with Crippen LogP contribution in [0.4, 0.5) is 0 Å². The molecular weight excluding hydrogens is 338 g/mol. The summed E-state index contributed by atoms with van der Waals surface area (Å²) in [5.74, 6) is 0.561. The van der Waals surface area contributed by atoms with E-state index in [9.17, 15) is 0 Å². The maximum atomic E-state index is 9.01. The number of phenols is 2. The third-order valence-corrected chi connectivity index (χ3v) is 2.81. The summed E-state index contributed by atoms with van der Waals surface area (Å²) in [5, 5.41) is 18.2. The Morgan fingerprint density at radius 3 is 1.94 bits per heavy atom. The second-order valence-corrected chi connectivity index (χ2v) is 4.53. The molecule has 0 aliphatic heterocycles. The van der Waals surface area contributed by atoms with Gasteiger partial charge in [0.15, 0.2) is 0 Å². The summed E-state index contributed by atoms with van der Waals surface area (Å²) >= 11 is 7.59. The van der Waals surface area contributed by atoms with Crippen molar-refractivity contribution in [3.8, 4) is 11.5 Å². The monoisotopic (exact) mass is 348 g/mol. The number of hydrogen-bond acceptors (Lipinski definition) is 2. The fraction of sp³-hybridized carbons (Fsp3) is 0. The normalized spacial score (nSPS) is 9.12. The number of hydrogen-bond donors (Lipinski definition) is 2. The van der Waals surface area contributed by atoms with Gasteiger partial charge in [-0.2, -0.15) is 0 Å². The van der Waals surface area contributed by atoms with E-state index in [0.29, 0.717) is 10.8 Å². The number of halogens is 2. The van der Waals surface area contributed by atoms with Crippen LogP contribution in [0.15, 0.2) is 48.5 Å². The molecule has 0 radical (unpaired) electrons. The van der Waals surface area contributed by atoms with Crippen molar-refractivity contribution >= 4 is 34.2 Å². The highest BCUT2D eigenvalue weighted by atomic mass is 127. The Balaban J connectivity index is 0.000000165. The molecule has 0 aliphatic carbocycles. The van der Waals surface area contributed by atoms with Gasteiger partial charge in [0, 0.05) is 5.02 Å². The van der Waals surface area contributed by atoms with E-state index in [1.54, 1.807) is 36.4 Å². The van der Waals surface area contributed by atoms with Gasteiger partial charge in [0.1, 0.15) is 11.5 Å². The number of rotatable bonds is 0. The summed E-state index contributed by atoms with van der Waals surface area (Å²) in [4.78, 5) is 0. The highest BCUT2D eigenvalue weighted by molar-refractivity contribution is 14.1. The third-order valence-electron chi connectivity index (χ3n) is 1.66. The van der Waals surface area contributed by atoms with Crippen LogP contribution >= 0.6 is 34.2 Å². The van der Waals surface area contributed by atoms with E-state index >= 15 is 0 Å². The zero-order valence-electron chi connectivity index (χ0n) is 8.27. The van der Waals surface area contributed by atoms with Gasteiger partial charge in [0.05, 0.1) is 3.57 Å². The van der Waals surface area contributed by atoms with Gasteiger partial charge in [-0.15, -0.1) is 0 Å². The predicted molar refractivity (Wildman–Crippen MR) is 73.9 cm³/mol. The lowest BCUT2D eigenvalue weighted by atomic mass is 10.3. The molecule has 0 fully saturated rings. The van der Waals surface area contributed by atoms with Crippen molar-refractivity contribution in [3.63, 3.8) is 0 Å². The molecule has 0 saturated heterocycles. The largest absolute Gasteiger partial charge is 0.508 e. The van der Waals surface area contributed by atoms with Crippen LogP contribution in [0.1, 0.15) is 0 Å². The van der Waals surface area contributed by atoms with E-state index in [1.807, 2.05) is 28.7 Å². The Kier molecular flexibility index (Phi) is 5.42. The van der Waals surface area contributed by atoms with Crippen LogP contribution in [0.5, 0.6) is 11.5 Å². The minimum absolute atomic E-state index is 0.239. The summed E-state index contributed by atoms with van der Waals surface area (Å²) in [7, 11) is 0. The lowest BCUT2D eigenvalue weighted by Crippen LogP contribution is -1.70. The van der Waals surface area contributed by atoms with E-state index in [1.165, 1.54) is 6.07 Å². The van der Waals surface area contributed by atoms with Crippen LogP contribution in [0.25, 0.3) is 0 Å². The van der Waals surface area contributed by atoms with Gasteiger partial charge >= 0.3 is 0 Å². The van der Waals surface area contributed by atoms with Crippen LogP contribution in [0.3, 0.4) is 0 Å². The van der Waals surface area contributed by atoms with Crippen molar-refractivity contribution in [1.82, 2.24) is 0 Å². The molecule has 0 heterocycles. The van der Waals surface area contributed by atoms with Crippen molar-refractivity contribution in [1.29, 1.82) is 0 Å². The Morgan fingerprint density at radius 1 is 0.938 bits per heavy atom. The van der Waals surface area contributed by atoms with Crippen molar-refractivity contribution < 1.29 is 10.2 Å². The molecule has 0 aliphatic rings. The summed E-state index contributed by atoms with van der Waals surface area (Å²) in [5.41, 5.74) is 0. The first kappa shape index (κ1) is 13.1. The number of phenolic OH excluding ortho intramolecular Hbond substituents is 2. The summed E-state index contributed by atoms with van der Waals surface area (Å²) in [6, 6.07) is 13.7. The standard InChI is InChI=1S/C6H4ClIO.C6H6O/c7-4-1-2-5(8)6(9)3-4;7-6-4-2-1-3-5-6/h1-3,9H;1-5,7H. The number of para-hydroxylation sites is 1. The van der Waals surface area contributed by atoms with Gasteiger partial charge in [0.2, 0.25) is 0 Å². The number of aromatic hydroxyl groups is 2. The molecule has 0 amide bonds. The Morgan fingerprint density at radius 2 is 1.56 bits per heavy atom. The van der Waals surface area contributed by atoms with Gasteiger partial charge < -0.3 is 10.2 Å². The molecule has 0 saturated carbocycles. The van der Waals surface area contributed by atoms with E-state index in [-0.39, 0.29) is 5.75 Å². The van der Waals surface area contributed by atoms with Crippen molar-refractivity contribution in [2.24, 2.45) is 0 Å². The zero-order valence-corrected chi connectivity index (χ0v) is 11.2. The fourth-order valence-electron chi connectivity index (χ4n) is 0.914. The van der Waals surface area contributed by atoms with Crippen LogP contribution in [0, 0.1) is 3.57 Å². The quantitative estimate of drug-likeness (QED) is 0.705. The Labute approximate surface area is 113 Å². The first-order valence-electron chi connectivity index (χ1n) is 4.47. The molecule has 0 atom stereocenters. The lowest BCUT2D eigenvalue weighted by molar-refractivity contribution is 0.471. The first-order chi connectivity index (χ1) is 7.59. The first-order valence-corrected chi connectivity index (χ1v) is 5.93. The van der Waals surface area contributed by atoms with E-state index in [4.69, 9.17) is 21.8 Å². The summed E-state index contributed by atoms with van der Waals surface area (Å²) in [6.45, 7) is 0. The average Bonchev–Trinajstić information content (AvgIpc) is 2.26. The molecule has 2 aromatic carbocycles. The zero-order chi connectivity index (χ0) is 12.0. The van der Waals surface area contributed by atoms with Gasteiger partial charge in [-0.1, -0.05) is 29.8 Å². The van der Waals surface area contributed by atoms with Crippen LogP contribution in [0.2, 0.25) is 5.02 Å². The van der Waals surface area contributed by atoms with Gasteiger partial charge in [-0.25, -0.2) is 0 Å². The Hall–Kier alpha value is -0.940. The molecule has 0 unspecified atom stereocenters. The highest BCUT2D eigenvalue weighted by Gasteiger charge is 1.95.